The van der Waals surface area contributed by atoms with Crippen LogP contribution in [0.15, 0.2) is 9.52 Å². The second-order valence-corrected chi connectivity index (χ2v) is 8.90. The molecular formula is C18H33N5O3S. The summed E-state index contributed by atoms with van der Waals surface area (Å²) in [7, 11) is -3.07. The van der Waals surface area contributed by atoms with E-state index in [0.29, 0.717) is 25.6 Å². The molecule has 2 heterocycles. The zero-order chi connectivity index (χ0) is 19.9. The lowest BCUT2D eigenvalue weighted by Crippen LogP contribution is -2.44. The summed E-state index contributed by atoms with van der Waals surface area (Å²) in [4.78, 5) is 4.70. The van der Waals surface area contributed by atoms with Crippen molar-refractivity contribution < 1.29 is 12.9 Å². The first kappa shape index (κ1) is 21.7. The maximum atomic E-state index is 11.6. The minimum Gasteiger partial charge on any atom is -0.361 e. The first-order valence-corrected chi connectivity index (χ1v) is 11.7. The molecule has 2 rings (SSSR count). The highest BCUT2D eigenvalue weighted by Gasteiger charge is 2.24. The number of nitrogens with zero attached hydrogens (tertiary/aromatic N) is 3. The lowest BCUT2D eigenvalue weighted by Gasteiger charge is -2.30. The molecule has 154 valence electrons. The van der Waals surface area contributed by atoms with Gasteiger partial charge < -0.3 is 15.2 Å². The number of aryl methyl sites for hydroxylation is 2. The van der Waals surface area contributed by atoms with Crippen molar-refractivity contribution in [3.63, 3.8) is 0 Å². The van der Waals surface area contributed by atoms with E-state index in [4.69, 9.17) is 9.52 Å². The van der Waals surface area contributed by atoms with E-state index in [9.17, 15) is 8.42 Å². The summed E-state index contributed by atoms with van der Waals surface area (Å²) in [5.74, 6) is 2.12. The van der Waals surface area contributed by atoms with Crippen LogP contribution in [-0.2, 0) is 29.4 Å². The fraction of sp³-hybridized carbons (Fsp3) is 0.778. The Morgan fingerprint density at radius 1 is 1.22 bits per heavy atom. The second kappa shape index (κ2) is 10.1. The fourth-order valence-electron chi connectivity index (χ4n) is 3.30. The van der Waals surface area contributed by atoms with Gasteiger partial charge in [-0.3, -0.25) is 0 Å². The Hall–Kier alpha value is -1.61. The molecule has 1 aromatic heterocycles. The SMILES string of the molecule is CCNC(=NCc1c(CC)noc1CC)NCC1CCN(S(C)(=O)=O)CC1. The number of aliphatic imine (C=N–C) groups is 1. The van der Waals surface area contributed by atoms with Crippen molar-refractivity contribution in [3.8, 4) is 0 Å². The molecule has 0 amide bonds. The predicted octanol–water partition coefficient (Wildman–Crippen LogP) is 1.53. The van der Waals surface area contributed by atoms with Crippen molar-refractivity contribution >= 4 is 16.0 Å². The minimum absolute atomic E-state index is 0.444. The van der Waals surface area contributed by atoms with Gasteiger partial charge in [0.25, 0.3) is 0 Å². The largest absolute Gasteiger partial charge is 0.361 e. The molecule has 2 N–H and O–H groups in total. The molecule has 1 aliphatic rings. The van der Waals surface area contributed by atoms with Gasteiger partial charge in [-0.05, 0) is 32.1 Å². The Morgan fingerprint density at radius 2 is 1.93 bits per heavy atom. The Labute approximate surface area is 162 Å². The number of guanidine groups is 1. The van der Waals surface area contributed by atoms with Gasteiger partial charge in [-0.2, -0.15) is 0 Å². The molecule has 27 heavy (non-hydrogen) atoms. The lowest BCUT2D eigenvalue weighted by molar-refractivity contribution is 0.275. The number of rotatable bonds is 8. The van der Waals surface area contributed by atoms with Gasteiger partial charge in [-0.15, -0.1) is 0 Å². The summed E-state index contributed by atoms with van der Waals surface area (Å²) in [6.45, 7) is 9.46. The maximum absolute atomic E-state index is 11.6. The molecule has 0 aromatic carbocycles. The van der Waals surface area contributed by atoms with Gasteiger partial charge in [0.05, 0.1) is 18.5 Å². The van der Waals surface area contributed by atoms with Crippen LogP contribution in [0.5, 0.6) is 0 Å². The summed E-state index contributed by atoms with van der Waals surface area (Å²) in [6, 6.07) is 0. The number of sulfonamides is 1. The standard InChI is InChI=1S/C18H33N5O3S/c1-5-16-15(17(6-2)26-22-16)13-21-18(19-7-3)20-12-14-8-10-23(11-9-14)27(4,24)25/h14H,5-13H2,1-4H3,(H2,19,20,21). The predicted molar refractivity (Wildman–Crippen MR) is 107 cm³/mol. The van der Waals surface area contributed by atoms with Crippen LogP contribution in [0.4, 0.5) is 0 Å². The van der Waals surface area contributed by atoms with E-state index in [2.05, 4.69) is 29.6 Å². The van der Waals surface area contributed by atoms with Gasteiger partial charge >= 0.3 is 0 Å². The number of hydrogen-bond acceptors (Lipinski definition) is 5. The highest BCUT2D eigenvalue weighted by molar-refractivity contribution is 7.88. The third kappa shape index (κ3) is 6.21. The zero-order valence-electron chi connectivity index (χ0n) is 16.9. The Balaban J connectivity index is 1.92. The average molecular weight is 400 g/mol. The molecule has 0 unspecified atom stereocenters. The third-order valence-electron chi connectivity index (χ3n) is 4.95. The molecule has 1 aromatic rings. The lowest BCUT2D eigenvalue weighted by atomic mass is 9.98. The van der Waals surface area contributed by atoms with Crippen molar-refractivity contribution in [1.29, 1.82) is 0 Å². The number of nitrogens with one attached hydrogen (secondary N) is 2. The van der Waals surface area contributed by atoms with E-state index in [0.717, 1.165) is 61.7 Å². The third-order valence-corrected chi connectivity index (χ3v) is 6.25. The molecule has 0 spiro atoms. The van der Waals surface area contributed by atoms with E-state index in [1.807, 2.05) is 6.92 Å². The Kier molecular flexibility index (Phi) is 8.09. The van der Waals surface area contributed by atoms with E-state index in [-0.39, 0.29) is 0 Å². The number of aromatic nitrogens is 1. The highest BCUT2D eigenvalue weighted by Crippen LogP contribution is 2.19. The molecule has 1 saturated heterocycles. The number of hydrogen-bond donors (Lipinski definition) is 2. The molecular weight excluding hydrogens is 366 g/mol. The molecule has 0 bridgehead atoms. The Morgan fingerprint density at radius 3 is 2.48 bits per heavy atom. The first-order valence-electron chi connectivity index (χ1n) is 9.82. The van der Waals surface area contributed by atoms with E-state index < -0.39 is 10.0 Å². The summed E-state index contributed by atoms with van der Waals surface area (Å²) in [5.41, 5.74) is 2.05. The van der Waals surface area contributed by atoms with Gasteiger partial charge in [0, 0.05) is 38.2 Å². The maximum Gasteiger partial charge on any atom is 0.211 e. The fourth-order valence-corrected chi connectivity index (χ4v) is 4.18. The van der Waals surface area contributed by atoms with Gasteiger partial charge in [0.2, 0.25) is 10.0 Å². The minimum atomic E-state index is -3.07. The summed E-state index contributed by atoms with van der Waals surface area (Å²) in [6.07, 6.45) is 4.65. The van der Waals surface area contributed by atoms with Crippen molar-refractivity contribution in [1.82, 2.24) is 20.1 Å². The van der Waals surface area contributed by atoms with E-state index >= 15 is 0 Å². The Bertz CT molecular complexity index is 700. The van der Waals surface area contributed by atoms with Crippen LogP contribution in [0.3, 0.4) is 0 Å². The molecule has 1 aliphatic heterocycles. The summed E-state index contributed by atoms with van der Waals surface area (Å²) < 4.78 is 30.2. The van der Waals surface area contributed by atoms with Crippen LogP contribution < -0.4 is 10.6 Å². The molecule has 1 fully saturated rings. The summed E-state index contributed by atoms with van der Waals surface area (Å²) in [5, 5.41) is 10.8. The van der Waals surface area contributed by atoms with Crippen molar-refractivity contribution in [3.05, 3.63) is 17.0 Å². The monoisotopic (exact) mass is 399 g/mol. The number of piperidine rings is 1. The van der Waals surface area contributed by atoms with Crippen molar-refractivity contribution in [2.45, 2.75) is 53.0 Å². The van der Waals surface area contributed by atoms with Crippen LogP contribution in [0.25, 0.3) is 0 Å². The average Bonchev–Trinajstić information content (AvgIpc) is 3.05. The normalized spacial score (nSPS) is 17.3. The van der Waals surface area contributed by atoms with E-state index in [1.54, 1.807) is 4.31 Å². The smallest absolute Gasteiger partial charge is 0.211 e. The highest BCUT2D eigenvalue weighted by atomic mass is 32.2. The first-order chi connectivity index (χ1) is 12.9. The van der Waals surface area contributed by atoms with Gasteiger partial charge in [-0.25, -0.2) is 17.7 Å². The van der Waals surface area contributed by atoms with Crippen LogP contribution in [0, 0.1) is 5.92 Å². The van der Waals surface area contributed by atoms with Crippen LogP contribution in [-0.4, -0.2) is 56.3 Å². The second-order valence-electron chi connectivity index (χ2n) is 6.92. The zero-order valence-corrected chi connectivity index (χ0v) is 17.7. The molecule has 0 radical (unpaired) electrons. The molecule has 0 aliphatic carbocycles. The van der Waals surface area contributed by atoms with E-state index in [1.165, 1.54) is 6.26 Å². The van der Waals surface area contributed by atoms with Gasteiger partial charge in [0.1, 0.15) is 5.76 Å². The van der Waals surface area contributed by atoms with Crippen LogP contribution in [0.1, 0.15) is 50.6 Å². The molecule has 0 atom stereocenters. The van der Waals surface area contributed by atoms with Crippen molar-refractivity contribution in [2.75, 3.05) is 32.4 Å². The topological polar surface area (TPSA) is 99.8 Å². The van der Waals surface area contributed by atoms with Gasteiger partial charge in [0.15, 0.2) is 5.96 Å². The quantitative estimate of drug-likeness (QED) is 0.508. The molecule has 9 heteroatoms. The van der Waals surface area contributed by atoms with Crippen LogP contribution >= 0.6 is 0 Å². The summed E-state index contributed by atoms with van der Waals surface area (Å²) >= 11 is 0. The van der Waals surface area contributed by atoms with Crippen molar-refractivity contribution in [2.24, 2.45) is 10.9 Å². The molecule has 0 saturated carbocycles. The van der Waals surface area contributed by atoms with Crippen LogP contribution in [0.2, 0.25) is 0 Å². The molecule has 8 nitrogen and oxygen atoms in total. The van der Waals surface area contributed by atoms with Gasteiger partial charge in [-0.1, -0.05) is 19.0 Å².